The van der Waals surface area contributed by atoms with E-state index in [9.17, 15) is 9.59 Å². The fraction of sp³-hybridized carbons (Fsp3) is 0.857. The zero-order valence-electron chi connectivity index (χ0n) is 11.4. The van der Waals surface area contributed by atoms with E-state index >= 15 is 0 Å². The van der Waals surface area contributed by atoms with Crippen LogP contribution in [0.2, 0.25) is 0 Å². The number of nitrogens with one attached hydrogen (secondary N) is 1. The monoisotopic (exact) mass is 282 g/mol. The Hall–Kier alpha value is -0.710. The third-order valence-electron chi connectivity index (χ3n) is 4.98. The van der Waals surface area contributed by atoms with Crippen molar-refractivity contribution in [2.45, 2.75) is 38.6 Å². The van der Waals surface area contributed by atoms with E-state index in [0.29, 0.717) is 17.5 Å². The number of fused-ring (bicyclic) bond motifs is 2. The first-order valence-electron chi connectivity index (χ1n) is 7.28. The Morgan fingerprint density at radius 3 is 2.89 bits per heavy atom. The van der Waals surface area contributed by atoms with Crippen LogP contribution in [0.4, 0.5) is 0 Å². The van der Waals surface area contributed by atoms with Crippen molar-refractivity contribution in [3.05, 3.63) is 0 Å². The van der Waals surface area contributed by atoms with Crippen LogP contribution >= 0.6 is 11.8 Å². The van der Waals surface area contributed by atoms with Crippen LogP contribution in [-0.2, 0) is 9.59 Å². The van der Waals surface area contributed by atoms with E-state index < -0.39 is 0 Å². The second-order valence-corrected chi connectivity index (χ2v) is 7.22. The summed E-state index contributed by atoms with van der Waals surface area (Å²) in [7, 11) is 0. The summed E-state index contributed by atoms with van der Waals surface area (Å²) in [6.45, 7) is 2.36. The summed E-state index contributed by atoms with van der Waals surface area (Å²) in [4.78, 5) is 25.1. The number of carbonyl (C=O) groups excluding carboxylic acids is 2. The molecular weight excluding hydrogens is 260 g/mol. The molecule has 19 heavy (non-hydrogen) atoms. The lowest BCUT2D eigenvalue weighted by Gasteiger charge is -2.29. The molecule has 2 bridgehead atoms. The van der Waals surface area contributed by atoms with Gasteiger partial charge in [-0.3, -0.25) is 9.59 Å². The fourth-order valence-corrected chi connectivity index (χ4v) is 4.93. The van der Waals surface area contributed by atoms with Crippen molar-refractivity contribution in [1.82, 2.24) is 10.2 Å². The molecule has 5 heteroatoms. The standard InChI is InChI=1S/C14H22N2O2S/c1-9(12-5-10-2-3-11(12)4-10)15-13(17)6-16-8-19-7-14(16)18/h9-12H,2-8H2,1H3,(H,15,17). The van der Waals surface area contributed by atoms with Crippen LogP contribution in [0.5, 0.6) is 0 Å². The van der Waals surface area contributed by atoms with Crippen molar-refractivity contribution in [3.8, 4) is 0 Å². The molecule has 4 nitrogen and oxygen atoms in total. The van der Waals surface area contributed by atoms with Crippen molar-refractivity contribution < 1.29 is 9.59 Å². The summed E-state index contributed by atoms with van der Waals surface area (Å²) in [5.74, 6) is 3.67. The molecule has 2 amide bonds. The molecule has 2 saturated carbocycles. The number of hydrogen-bond acceptors (Lipinski definition) is 3. The Bertz CT molecular complexity index is 388. The third-order valence-corrected chi connectivity index (χ3v) is 5.93. The molecule has 4 atom stereocenters. The van der Waals surface area contributed by atoms with Gasteiger partial charge in [-0.2, -0.15) is 0 Å². The Morgan fingerprint density at radius 2 is 2.32 bits per heavy atom. The van der Waals surface area contributed by atoms with Gasteiger partial charge in [0.15, 0.2) is 0 Å². The molecule has 106 valence electrons. The average molecular weight is 282 g/mol. The van der Waals surface area contributed by atoms with Gasteiger partial charge in [0, 0.05) is 6.04 Å². The zero-order valence-corrected chi connectivity index (χ0v) is 12.2. The maximum Gasteiger partial charge on any atom is 0.239 e. The summed E-state index contributed by atoms with van der Waals surface area (Å²) in [6.07, 6.45) is 5.38. The molecule has 0 radical (unpaired) electrons. The van der Waals surface area contributed by atoms with Gasteiger partial charge in [0.05, 0.1) is 11.6 Å². The van der Waals surface area contributed by atoms with Crippen LogP contribution in [0.15, 0.2) is 0 Å². The van der Waals surface area contributed by atoms with E-state index in [1.54, 1.807) is 16.7 Å². The van der Waals surface area contributed by atoms with Gasteiger partial charge in [-0.1, -0.05) is 6.42 Å². The molecule has 0 aromatic carbocycles. The average Bonchev–Trinajstić information content (AvgIpc) is 3.06. The Labute approximate surface area is 118 Å². The maximum absolute atomic E-state index is 12.0. The molecule has 3 rings (SSSR count). The Balaban J connectivity index is 1.48. The van der Waals surface area contributed by atoms with Crippen molar-refractivity contribution in [2.24, 2.45) is 17.8 Å². The number of carbonyl (C=O) groups is 2. The van der Waals surface area contributed by atoms with E-state index in [2.05, 4.69) is 12.2 Å². The molecule has 1 N–H and O–H groups in total. The molecule has 3 fully saturated rings. The van der Waals surface area contributed by atoms with Crippen LogP contribution in [0.3, 0.4) is 0 Å². The number of hydrogen-bond donors (Lipinski definition) is 1. The number of nitrogens with zero attached hydrogens (tertiary/aromatic N) is 1. The van der Waals surface area contributed by atoms with Gasteiger partial charge in [0.2, 0.25) is 11.8 Å². The van der Waals surface area contributed by atoms with Gasteiger partial charge in [0.1, 0.15) is 6.54 Å². The molecule has 1 aliphatic heterocycles. The second kappa shape index (κ2) is 5.35. The van der Waals surface area contributed by atoms with Crippen LogP contribution in [-0.4, -0.2) is 40.9 Å². The van der Waals surface area contributed by atoms with Crippen LogP contribution in [0.25, 0.3) is 0 Å². The van der Waals surface area contributed by atoms with Crippen LogP contribution in [0, 0.1) is 17.8 Å². The largest absolute Gasteiger partial charge is 0.352 e. The quantitative estimate of drug-likeness (QED) is 0.849. The lowest BCUT2D eigenvalue weighted by Crippen LogP contribution is -2.45. The summed E-state index contributed by atoms with van der Waals surface area (Å²) < 4.78 is 0. The zero-order chi connectivity index (χ0) is 13.4. The van der Waals surface area contributed by atoms with E-state index in [4.69, 9.17) is 0 Å². The van der Waals surface area contributed by atoms with Crippen molar-refractivity contribution >= 4 is 23.6 Å². The van der Waals surface area contributed by atoms with Gasteiger partial charge in [-0.05, 0) is 43.9 Å². The van der Waals surface area contributed by atoms with Crippen molar-refractivity contribution in [2.75, 3.05) is 18.2 Å². The van der Waals surface area contributed by atoms with Gasteiger partial charge < -0.3 is 10.2 Å². The highest BCUT2D eigenvalue weighted by molar-refractivity contribution is 8.00. The summed E-state index contributed by atoms with van der Waals surface area (Å²) in [6, 6.07) is 0.258. The summed E-state index contributed by atoms with van der Waals surface area (Å²) in [5.41, 5.74) is 0. The molecule has 0 aromatic rings. The molecule has 0 spiro atoms. The van der Waals surface area contributed by atoms with Gasteiger partial charge in [-0.25, -0.2) is 0 Å². The van der Waals surface area contributed by atoms with E-state index in [1.807, 2.05) is 0 Å². The SMILES string of the molecule is CC(NC(=O)CN1CSCC1=O)C1CC2CCC1C2. The van der Waals surface area contributed by atoms with Gasteiger partial charge >= 0.3 is 0 Å². The fourth-order valence-electron chi connectivity index (χ4n) is 4.03. The first kappa shape index (κ1) is 13.3. The second-order valence-electron chi connectivity index (χ2n) is 6.26. The molecule has 3 aliphatic rings. The Kier molecular flexibility index (Phi) is 3.74. The lowest BCUT2D eigenvalue weighted by molar-refractivity contribution is -0.132. The highest BCUT2D eigenvalue weighted by atomic mass is 32.2. The molecule has 4 unspecified atom stereocenters. The first-order chi connectivity index (χ1) is 9.13. The predicted octanol–water partition coefficient (Wildman–Crippen LogP) is 1.46. The van der Waals surface area contributed by atoms with Crippen molar-refractivity contribution in [3.63, 3.8) is 0 Å². The van der Waals surface area contributed by atoms with Crippen LogP contribution in [0.1, 0.15) is 32.6 Å². The molecule has 0 aromatic heterocycles. The lowest BCUT2D eigenvalue weighted by atomic mass is 9.84. The minimum Gasteiger partial charge on any atom is -0.352 e. The first-order valence-corrected chi connectivity index (χ1v) is 8.44. The maximum atomic E-state index is 12.0. The summed E-state index contributed by atoms with van der Waals surface area (Å²) in [5, 5.41) is 3.11. The normalized spacial score (nSPS) is 34.9. The van der Waals surface area contributed by atoms with Gasteiger partial charge in [-0.15, -0.1) is 11.8 Å². The van der Waals surface area contributed by atoms with E-state index in [-0.39, 0.29) is 24.4 Å². The highest BCUT2D eigenvalue weighted by Gasteiger charge is 2.42. The van der Waals surface area contributed by atoms with Gasteiger partial charge in [0.25, 0.3) is 0 Å². The van der Waals surface area contributed by atoms with E-state index in [1.165, 1.54) is 25.7 Å². The molecule has 1 heterocycles. The van der Waals surface area contributed by atoms with E-state index in [0.717, 1.165) is 11.8 Å². The number of thioether (sulfide) groups is 1. The predicted molar refractivity (Wildman–Crippen MR) is 75.6 cm³/mol. The summed E-state index contributed by atoms with van der Waals surface area (Å²) >= 11 is 1.58. The Morgan fingerprint density at radius 1 is 1.47 bits per heavy atom. The minimum atomic E-state index is 0.00567. The number of rotatable bonds is 4. The highest BCUT2D eigenvalue weighted by Crippen LogP contribution is 2.49. The molecular formula is C14H22N2O2S. The topological polar surface area (TPSA) is 49.4 Å². The molecule has 1 saturated heterocycles. The van der Waals surface area contributed by atoms with Crippen LogP contribution < -0.4 is 5.32 Å². The third kappa shape index (κ3) is 2.76. The molecule has 2 aliphatic carbocycles. The van der Waals surface area contributed by atoms with Crippen molar-refractivity contribution in [1.29, 1.82) is 0 Å². The number of amides is 2. The smallest absolute Gasteiger partial charge is 0.239 e. The minimum absolute atomic E-state index is 0.00567.